The molecule has 1 saturated heterocycles. The number of nitrogens with one attached hydrogen (secondary N) is 1. The molecule has 1 aromatic rings. The van der Waals surface area contributed by atoms with Crippen molar-refractivity contribution >= 4 is 15.7 Å². The Labute approximate surface area is 137 Å². The van der Waals surface area contributed by atoms with Gasteiger partial charge in [0.2, 0.25) is 10.0 Å². The second kappa shape index (κ2) is 6.85. The highest BCUT2D eigenvalue weighted by Gasteiger charge is 2.30. The Kier molecular flexibility index (Phi) is 5.27. The summed E-state index contributed by atoms with van der Waals surface area (Å²) in [4.78, 5) is 2.14. The fourth-order valence-corrected chi connectivity index (χ4v) is 3.40. The maximum atomic E-state index is 14.4. The fraction of sp³-hybridized carbons (Fsp3) is 0.562. The van der Waals surface area contributed by atoms with Crippen LogP contribution in [0.2, 0.25) is 0 Å². The predicted molar refractivity (Wildman–Crippen MR) is 87.7 cm³/mol. The second-order valence-corrected chi connectivity index (χ2v) is 8.32. The van der Waals surface area contributed by atoms with Crippen molar-refractivity contribution in [2.45, 2.75) is 32.7 Å². The van der Waals surface area contributed by atoms with Gasteiger partial charge in [-0.15, -0.1) is 0 Å². The van der Waals surface area contributed by atoms with E-state index in [0.717, 1.165) is 32.2 Å². The molecule has 0 radical (unpaired) electrons. The summed E-state index contributed by atoms with van der Waals surface area (Å²) in [5, 5.41) is 8.88. The first kappa shape index (κ1) is 17.7. The molecule has 2 rings (SSSR count). The normalized spacial score (nSPS) is 18.3. The van der Waals surface area contributed by atoms with Gasteiger partial charge in [-0.2, -0.15) is 5.26 Å². The van der Waals surface area contributed by atoms with Gasteiger partial charge in [-0.05, 0) is 37.4 Å². The molecule has 1 aromatic carbocycles. The number of nitriles is 1. The fourth-order valence-electron chi connectivity index (χ4n) is 2.84. The van der Waals surface area contributed by atoms with Crippen LogP contribution in [0.4, 0.5) is 10.1 Å². The van der Waals surface area contributed by atoms with Crippen LogP contribution in [0.3, 0.4) is 0 Å². The molecule has 1 fully saturated rings. The average molecular weight is 339 g/mol. The highest BCUT2D eigenvalue weighted by atomic mass is 32.2. The molecule has 0 atom stereocenters. The van der Waals surface area contributed by atoms with E-state index < -0.39 is 15.8 Å². The van der Waals surface area contributed by atoms with Gasteiger partial charge in [0.25, 0.3) is 0 Å². The molecule has 5 nitrogen and oxygen atoms in total. The van der Waals surface area contributed by atoms with Gasteiger partial charge >= 0.3 is 0 Å². The number of nitrogens with zero attached hydrogens (tertiary/aromatic N) is 2. The molecule has 1 aliphatic rings. The van der Waals surface area contributed by atoms with Crippen LogP contribution < -0.4 is 4.72 Å². The summed E-state index contributed by atoms with van der Waals surface area (Å²) in [6.07, 6.45) is 3.36. The van der Waals surface area contributed by atoms with Crippen LogP contribution in [0.15, 0.2) is 18.2 Å². The van der Waals surface area contributed by atoms with E-state index in [9.17, 15) is 12.8 Å². The predicted octanol–water partition coefficient (Wildman–Crippen LogP) is 2.71. The summed E-state index contributed by atoms with van der Waals surface area (Å²) in [5.74, 6) is -0.525. The molecule has 0 aromatic heterocycles. The summed E-state index contributed by atoms with van der Waals surface area (Å²) in [5.41, 5.74) is 0.502. The summed E-state index contributed by atoms with van der Waals surface area (Å²) < 4.78 is 39.2. The number of benzene rings is 1. The number of halogens is 1. The van der Waals surface area contributed by atoms with E-state index in [1.165, 1.54) is 6.07 Å². The zero-order chi connectivity index (χ0) is 17.1. The first-order valence-electron chi connectivity index (χ1n) is 7.57. The van der Waals surface area contributed by atoms with Gasteiger partial charge in [0.05, 0.1) is 18.0 Å². The molecule has 1 heterocycles. The van der Waals surface area contributed by atoms with Gasteiger partial charge in [-0.1, -0.05) is 19.1 Å². The first-order valence-corrected chi connectivity index (χ1v) is 9.46. The summed E-state index contributed by atoms with van der Waals surface area (Å²) >= 11 is 0. The van der Waals surface area contributed by atoms with E-state index in [4.69, 9.17) is 5.26 Å². The standard InChI is InChI=1S/C16H22FN3O2S/c1-16(6-9-18)7-10-20(11-8-16)12-13-4-3-5-14(15(13)17)19-23(2,21)22/h3-5,19H,6-8,10-12H2,1-2H3. The van der Waals surface area contributed by atoms with Crippen LogP contribution >= 0.6 is 0 Å². The smallest absolute Gasteiger partial charge is 0.229 e. The molecule has 1 N–H and O–H groups in total. The molecule has 0 unspecified atom stereocenters. The number of likely N-dealkylation sites (tertiary alicyclic amines) is 1. The van der Waals surface area contributed by atoms with Crippen LogP contribution in [0.1, 0.15) is 31.7 Å². The molecule has 0 aliphatic carbocycles. The maximum absolute atomic E-state index is 14.4. The lowest BCUT2D eigenvalue weighted by atomic mass is 9.78. The van der Waals surface area contributed by atoms with Gasteiger partial charge in [-0.25, -0.2) is 12.8 Å². The van der Waals surface area contributed by atoms with Crippen LogP contribution in [-0.2, 0) is 16.6 Å². The molecule has 0 spiro atoms. The Hall–Kier alpha value is -1.65. The third kappa shape index (κ3) is 4.91. The molecule has 7 heteroatoms. The Bertz CT molecular complexity index is 705. The van der Waals surface area contributed by atoms with Crippen molar-refractivity contribution in [1.82, 2.24) is 4.90 Å². The summed E-state index contributed by atoms with van der Waals surface area (Å²) in [7, 11) is -3.51. The minimum absolute atomic E-state index is 0.0173. The highest BCUT2D eigenvalue weighted by molar-refractivity contribution is 7.92. The molecule has 23 heavy (non-hydrogen) atoms. The van der Waals surface area contributed by atoms with E-state index in [0.29, 0.717) is 18.5 Å². The molecule has 1 aliphatic heterocycles. The highest BCUT2D eigenvalue weighted by Crippen LogP contribution is 2.34. The Balaban J connectivity index is 2.05. The number of hydrogen-bond donors (Lipinski definition) is 1. The lowest BCUT2D eigenvalue weighted by Crippen LogP contribution is -2.38. The number of piperidine rings is 1. The number of rotatable bonds is 5. The van der Waals surface area contributed by atoms with E-state index in [2.05, 4.69) is 22.6 Å². The largest absolute Gasteiger partial charge is 0.299 e. The van der Waals surface area contributed by atoms with Crippen molar-refractivity contribution in [3.05, 3.63) is 29.6 Å². The Morgan fingerprint density at radius 1 is 1.39 bits per heavy atom. The van der Waals surface area contributed by atoms with Gasteiger partial charge in [0, 0.05) is 18.5 Å². The van der Waals surface area contributed by atoms with Crippen LogP contribution in [0, 0.1) is 22.6 Å². The molecule has 126 valence electrons. The minimum Gasteiger partial charge on any atom is -0.299 e. The van der Waals surface area contributed by atoms with Crippen LogP contribution in [-0.4, -0.2) is 32.7 Å². The molecule has 0 amide bonds. The summed E-state index contributed by atoms with van der Waals surface area (Å²) in [6, 6.07) is 6.97. The molecule has 0 saturated carbocycles. The Morgan fingerprint density at radius 3 is 2.61 bits per heavy atom. The van der Waals surface area contributed by atoms with Crippen molar-refractivity contribution in [3.8, 4) is 6.07 Å². The van der Waals surface area contributed by atoms with Crippen molar-refractivity contribution in [1.29, 1.82) is 5.26 Å². The van der Waals surface area contributed by atoms with Crippen LogP contribution in [0.25, 0.3) is 0 Å². The van der Waals surface area contributed by atoms with Gasteiger partial charge in [-0.3, -0.25) is 9.62 Å². The molecular weight excluding hydrogens is 317 g/mol. The number of hydrogen-bond acceptors (Lipinski definition) is 4. The number of anilines is 1. The lowest BCUT2D eigenvalue weighted by molar-refractivity contribution is 0.115. The zero-order valence-electron chi connectivity index (χ0n) is 13.5. The van der Waals surface area contributed by atoms with Crippen molar-refractivity contribution < 1.29 is 12.8 Å². The minimum atomic E-state index is -3.51. The first-order chi connectivity index (χ1) is 10.7. The third-order valence-corrected chi connectivity index (χ3v) is 4.93. The van der Waals surface area contributed by atoms with Gasteiger partial charge in [0.1, 0.15) is 0 Å². The van der Waals surface area contributed by atoms with Crippen molar-refractivity contribution in [2.75, 3.05) is 24.1 Å². The monoisotopic (exact) mass is 339 g/mol. The average Bonchev–Trinajstić information content (AvgIpc) is 2.45. The zero-order valence-corrected chi connectivity index (χ0v) is 14.3. The topological polar surface area (TPSA) is 73.2 Å². The lowest BCUT2D eigenvalue weighted by Gasteiger charge is -2.38. The summed E-state index contributed by atoms with van der Waals surface area (Å²) in [6.45, 7) is 4.17. The van der Waals surface area contributed by atoms with E-state index >= 15 is 0 Å². The third-order valence-electron chi connectivity index (χ3n) is 4.34. The van der Waals surface area contributed by atoms with Crippen molar-refractivity contribution in [3.63, 3.8) is 0 Å². The van der Waals surface area contributed by atoms with E-state index in [1.807, 2.05) is 0 Å². The van der Waals surface area contributed by atoms with E-state index in [-0.39, 0.29) is 11.1 Å². The van der Waals surface area contributed by atoms with Gasteiger partial charge < -0.3 is 0 Å². The van der Waals surface area contributed by atoms with Crippen LogP contribution in [0.5, 0.6) is 0 Å². The van der Waals surface area contributed by atoms with E-state index in [1.54, 1.807) is 12.1 Å². The molecular formula is C16H22FN3O2S. The SMILES string of the molecule is CC1(CC#N)CCN(Cc2cccc(NS(C)(=O)=O)c2F)CC1. The number of sulfonamides is 1. The molecule has 0 bridgehead atoms. The van der Waals surface area contributed by atoms with Crippen molar-refractivity contribution in [2.24, 2.45) is 5.41 Å². The van der Waals surface area contributed by atoms with Gasteiger partial charge in [0.15, 0.2) is 5.82 Å². The quantitative estimate of drug-likeness (QED) is 0.895. The second-order valence-electron chi connectivity index (χ2n) is 6.57. The Morgan fingerprint density at radius 2 is 2.04 bits per heavy atom. The maximum Gasteiger partial charge on any atom is 0.229 e.